The molecule has 0 aromatic carbocycles. The summed E-state index contributed by atoms with van der Waals surface area (Å²) in [4.78, 5) is 3.49. The van der Waals surface area contributed by atoms with Gasteiger partial charge in [-0.15, -0.1) is 0 Å². The number of hydrogen-bond donors (Lipinski definition) is 0. The van der Waals surface area contributed by atoms with Crippen molar-refractivity contribution in [2.45, 2.75) is 38.6 Å². The SMILES string of the molecule is CC(=N[S@@](=O)C(C)(C)C)c1cccc(C(F)(F)F)n1. The van der Waals surface area contributed by atoms with Crippen LogP contribution in [0.2, 0.25) is 0 Å². The van der Waals surface area contributed by atoms with E-state index in [0.717, 1.165) is 6.07 Å². The quantitative estimate of drug-likeness (QED) is 0.784. The number of aromatic nitrogens is 1. The predicted molar refractivity (Wildman–Crippen MR) is 69.3 cm³/mol. The molecular weight excluding hydrogens is 277 g/mol. The van der Waals surface area contributed by atoms with Gasteiger partial charge in [-0.05, 0) is 39.8 Å². The number of nitrogens with zero attached hydrogens (tertiary/aromatic N) is 2. The van der Waals surface area contributed by atoms with Crippen molar-refractivity contribution in [3.8, 4) is 0 Å². The van der Waals surface area contributed by atoms with Crippen LogP contribution in [-0.4, -0.2) is 19.7 Å². The first-order valence-corrected chi connectivity index (χ1v) is 6.64. The first kappa shape index (κ1) is 15.8. The van der Waals surface area contributed by atoms with Crippen LogP contribution in [0.1, 0.15) is 39.1 Å². The Morgan fingerprint density at radius 1 is 1.26 bits per heavy atom. The normalized spacial score (nSPS) is 15.4. The number of hydrogen-bond acceptors (Lipinski definition) is 2. The molecule has 0 spiro atoms. The fourth-order valence-corrected chi connectivity index (χ4v) is 1.72. The van der Waals surface area contributed by atoms with Crippen LogP contribution in [0.25, 0.3) is 0 Å². The first-order chi connectivity index (χ1) is 8.51. The summed E-state index contributed by atoms with van der Waals surface area (Å²) in [6, 6.07) is 3.55. The zero-order valence-electron chi connectivity index (χ0n) is 11.1. The largest absolute Gasteiger partial charge is 0.433 e. The molecule has 1 atom stereocenters. The summed E-state index contributed by atoms with van der Waals surface area (Å²) >= 11 is 0. The third-order valence-corrected chi connectivity index (χ3v) is 3.64. The first-order valence-electron chi connectivity index (χ1n) is 5.54. The summed E-state index contributed by atoms with van der Waals surface area (Å²) in [7, 11) is -1.53. The molecule has 0 bridgehead atoms. The lowest BCUT2D eigenvalue weighted by molar-refractivity contribution is -0.141. The highest BCUT2D eigenvalue weighted by Gasteiger charge is 2.32. The van der Waals surface area contributed by atoms with Gasteiger partial charge in [0.1, 0.15) is 16.7 Å². The van der Waals surface area contributed by atoms with Crippen molar-refractivity contribution >= 4 is 16.7 Å². The van der Waals surface area contributed by atoms with Gasteiger partial charge in [-0.1, -0.05) is 6.07 Å². The molecule has 1 heterocycles. The van der Waals surface area contributed by atoms with E-state index in [2.05, 4.69) is 9.38 Å². The second kappa shape index (κ2) is 5.40. The molecule has 7 heteroatoms. The van der Waals surface area contributed by atoms with Crippen molar-refractivity contribution in [3.05, 3.63) is 29.6 Å². The summed E-state index contributed by atoms with van der Waals surface area (Å²) in [5.74, 6) is 0. The Labute approximate surface area is 112 Å². The third-order valence-electron chi connectivity index (χ3n) is 2.15. The van der Waals surface area contributed by atoms with Gasteiger partial charge < -0.3 is 0 Å². The molecule has 1 rings (SSSR count). The summed E-state index contributed by atoms with van der Waals surface area (Å²) in [6.07, 6.45) is -4.50. The maximum absolute atomic E-state index is 12.5. The van der Waals surface area contributed by atoms with Gasteiger partial charge in [0.05, 0.1) is 16.2 Å². The molecule has 0 aliphatic rings. The number of rotatable bonds is 2. The summed E-state index contributed by atoms with van der Waals surface area (Å²) < 4.78 is 52.7. The average Bonchev–Trinajstić information content (AvgIpc) is 2.26. The van der Waals surface area contributed by atoms with E-state index in [1.165, 1.54) is 19.1 Å². The van der Waals surface area contributed by atoms with Crippen LogP contribution in [0.15, 0.2) is 22.6 Å². The van der Waals surface area contributed by atoms with Crippen LogP contribution >= 0.6 is 0 Å². The molecule has 0 saturated heterocycles. The highest BCUT2D eigenvalue weighted by atomic mass is 32.2. The van der Waals surface area contributed by atoms with E-state index < -0.39 is 27.6 Å². The van der Waals surface area contributed by atoms with Gasteiger partial charge >= 0.3 is 6.18 Å². The van der Waals surface area contributed by atoms with Crippen molar-refractivity contribution in [3.63, 3.8) is 0 Å². The van der Waals surface area contributed by atoms with Crippen LogP contribution in [0, 0.1) is 0 Å². The molecule has 1 aromatic heterocycles. The molecule has 19 heavy (non-hydrogen) atoms. The van der Waals surface area contributed by atoms with E-state index in [1.807, 2.05) is 0 Å². The molecule has 0 aliphatic carbocycles. The van der Waals surface area contributed by atoms with Gasteiger partial charge in [0.15, 0.2) is 0 Å². The highest BCUT2D eigenvalue weighted by molar-refractivity contribution is 7.85. The lowest BCUT2D eigenvalue weighted by atomic mass is 10.2. The molecule has 1 aromatic rings. The molecule has 0 saturated carbocycles. The molecule has 0 unspecified atom stereocenters. The molecule has 0 radical (unpaired) electrons. The lowest BCUT2D eigenvalue weighted by Crippen LogP contribution is -2.21. The van der Waals surface area contributed by atoms with Crippen molar-refractivity contribution < 1.29 is 17.4 Å². The Balaban J connectivity index is 3.11. The standard InChI is InChI=1S/C12H15F3N2OS/c1-8(17-19(18)11(2,3)4)9-6-5-7-10(16-9)12(13,14)15/h5-7H,1-4H3/t19-/m0/s1. The van der Waals surface area contributed by atoms with Crippen LogP contribution in [0.4, 0.5) is 13.2 Å². The maximum Gasteiger partial charge on any atom is 0.433 e. The topological polar surface area (TPSA) is 42.3 Å². The monoisotopic (exact) mass is 292 g/mol. The number of alkyl halides is 3. The predicted octanol–water partition coefficient (Wildman–Crippen LogP) is 3.37. The minimum Gasteiger partial charge on any atom is -0.242 e. The maximum atomic E-state index is 12.5. The molecule has 0 N–H and O–H groups in total. The molecule has 106 valence electrons. The average molecular weight is 292 g/mol. The van der Waals surface area contributed by atoms with Crippen LogP contribution in [0.3, 0.4) is 0 Å². The third kappa shape index (κ3) is 4.41. The zero-order chi connectivity index (χ0) is 14.8. The van der Waals surface area contributed by atoms with Crippen molar-refractivity contribution in [1.29, 1.82) is 0 Å². The van der Waals surface area contributed by atoms with Crippen LogP contribution in [-0.2, 0) is 17.2 Å². The minimum atomic E-state index is -4.50. The Hall–Kier alpha value is -1.24. The van der Waals surface area contributed by atoms with Gasteiger partial charge in [0.2, 0.25) is 0 Å². The lowest BCUT2D eigenvalue weighted by Gasteiger charge is -2.14. The Morgan fingerprint density at radius 2 is 1.84 bits per heavy atom. The summed E-state index contributed by atoms with van der Waals surface area (Å²) in [6.45, 7) is 6.70. The summed E-state index contributed by atoms with van der Waals surface area (Å²) in [5.41, 5.74) is -0.687. The van der Waals surface area contributed by atoms with Gasteiger partial charge in [0.25, 0.3) is 0 Å². The highest BCUT2D eigenvalue weighted by Crippen LogP contribution is 2.27. The molecule has 0 aliphatic heterocycles. The second-order valence-electron chi connectivity index (χ2n) is 4.94. The van der Waals surface area contributed by atoms with E-state index in [1.54, 1.807) is 20.8 Å². The second-order valence-corrected chi connectivity index (χ2v) is 6.85. The van der Waals surface area contributed by atoms with Crippen LogP contribution in [0.5, 0.6) is 0 Å². The van der Waals surface area contributed by atoms with E-state index >= 15 is 0 Å². The van der Waals surface area contributed by atoms with E-state index in [4.69, 9.17) is 0 Å². The van der Waals surface area contributed by atoms with Crippen molar-refractivity contribution in [2.24, 2.45) is 4.40 Å². The molecule has 0 amide bonds. The van der Waals surface area contributed by atoms with E-state index in [-0.39, 0.29) is 11.4 Å². The Morgan fingerprint density at radius 3 is 2.32 bits per heavy atom. The fourth-order valence-electron chi connectivity index (χ4n) is 1.10. The zero-order valence-corrected chi connectivity index (χ0v) is 11.9. The van der Waals surface area contributed by atoms with Gasteiger partial charge in [-0.3, -0.25) is 0 Å². The van der Waals surface area contributed by atoms with Crippen molar-refractivity contribution in [1.82, 2.24) is 4.98 Å². The van der Waals surface area contributed by atoms with E-state index in [9.17, 15) is 17.4 Å². The molecular formula is C12H15F3N2OS. The van der Waals surface area contributed by atoms with E-state index in [0.29, 0.717) is 0 Å². The minimum absolute atomic E-state index is 0.0763. The number of halogens is 3. The van der Waals surface area contributed by atoms with Crippen molar-refractivity contribution in [2.75, 3.05) is 0 Å². The Kier molecular flexibility index (Phi) is 4.50. The fraction of sp³-hybridized carbons (Fsp3) is 0.500. The van der Waals surface area contributed by atoms with Gasteiger partial charge in [-0.2, -0.15) is 17.6 Å². The van der Waals surface area contributed by atoms with Gasteiger partial charge in [-0.25, -0.2) is 9.19 Å². The summed E-state index contributed by atoms with van der Waals surface area (Å²) in [5, 5.41) is 0. The van der Waals surface area contributed by atoms with Crippen LogP contribution < -0.4 is 0 Å². The van der Waals surface area contributed by atoms with Gasteiger partial charge in [0, 0.05) is 0 Å². The molecule has 0 fully saturated rings. The molecule has 3 nitrogen and oxygen atoms in total. The smallest absolute Gasteiger partial charge is 0.242 e. The number of pyridine rings is 1. The Bertz CT molecular complexity index is 518.